The third-order valence-corrected chi connectivity index (χ3v) is 4.06. The molecule has 0 aliphatic heterocycles. The molecule has 2 rings (SSSR count). The van der Waals surface area contributed by atoms with Gasteiger partial charge in [0.2, 0.25) is 0 Å². The zero-order valence-corrected chi connectivity index (χ0v) is 13.7. The van der Waals surface area contributed by atoms with Crippen molar-refractivity contribution >= 4 is 34.8 Å². The Morgan fingerprint density at radius 3 is 2.35 bits per heavy atom. The average molecular weight is 329 g/mol. The van der Waals surface area contributed by atoms with Crippen LogP contribution in [0.2, 0.25) is 15.1 Å². The number of hydrogen-bond donors (Lipinski definition) is 1. The summed E-state index contributed by atoms with van der Waals surface area (Å²) >= 11 is 18.3. The van der Waals surface area contributed by atoms with E-state index in [0.717, 1.165) is 28.1 Å². The molecule has 4 heteroatoms. The number of aryl methyl sites for hydroxylation is 1. The molecule has 0 bridgehead atoms. The quantitative estimate of drug-likeness (QED) is 0.786. The molecule has 0 amide bonds. The monoisotopic (exact) mass is 327 g/mol. The molecule has 1 nitrogen and oxygen atoms in total. The van der Waals surface area contributed by atoms with Crippen molar-refractivity contribution in [2.24, 2.45) is 0 Å². The van der Waals surface area contributed by atoms with E-state index in [1.54, 1.807) is 6.07 Å². The molecule has 0 saturated heterocycles. The molecule has 1 atom stereocenters. The summed E-state index contributed by atoms with van der Waals surface area (Å²) in [4.78, 5) is 0. The maximum absolute atomic E-state index is 6.24. The third-order valence-electron chi connectivity index (χ3n) is 3.25. The fourth-order valence-corrected chi connectivity index (χ4v) is 3.04. The number of halogens is 3. The zero-order valence-electron chi connectivity index (χ0n) is 11.4. The Morgan fingerprint density at radius 2 is 1.75 bits per heavy atom. The molecule has 2 aromatic carbocycles. The van der Waals surface area contributed by atoms with Crippen molar-refractivity contribution in [2.45, 2.75) is 19.4 Å². The number of rotatable bonds is 4. The van der Waals surface area contributed by atoms with Gasteiger partial charge in [0.1, 0.15) is 0 Å². The number of hydrogen-bond acceptors (Lipinski definition) is 1. The predicted octanol–water partition coefficient (Wildman–Crippen LogP) is 5.46. The predicted molar refractivity (Wildman–Crippen MR) is 88.2 cm³/mol. The van der Waals surface area contributed by atoms with Gasteiger partial charge in [-0.05, 0) is 61.3 Å². The SMILES string of the molecule is CNC(Cc1ccc(Cl)cc1Cl)c1cc(C)cc(Cl)c1. The molecule has 1 N–H and O–H groups in total. The molecular weight excluding hydrogens is 313 g/mol. The van der Waals surface area contributed by atoms with Crippen LogP contribution in [0.5, 0.6) is 0 Å². The van der Waals surface area contributed by atoms with Gasteiger partial charge in [-0.1, -0.05) is 46.9 Å². The highest BCUT2D eigenvalue weighted by Gasteiger charge is 2.13. The van der Waals surface area contributed by atoms with Gasteiger partial charge in [0.05, 0.1) is 0 Å². The Hall–Kier alpha value is -0.730. The first-order valence-electron chi connectivity index (χ1n) is 6.38. The highest BCUT2D eigenvalue weighted by molar-refractivity contribution is 6.35. The van der Waals surface area contributed by atoms with E-state index in [0.29, 0.717) is 10.0 Å². The highest BCUT2D eigenvalue weighted by Crippen LogP contribution is 2.27. The fourth-order valence-electron chi connectivity index (χ4n) is 2.26. The lowest BCUT2D eigenvalue weighted by atomic mass is 9.97. The van der Waals surface area contributed by atoms with E-state index in [2.05, 4.69) is 11.4 Å². The lowest BCUT2D eigenvalue weighted by Gasteiger charge is -2.18. The van der Waals surface area contributed by atoms with Crippen LogP contribution in [0.15, 0.2) is 36.4 Å². The third kappa shape index (κ3) is 3.89. The standard InChI is InChI=1S/C16H16Cl3N/c1-10-5-12(7-14(18)6-10)16(20-2)8-11-3-4-13(17)9-15(11)19/h3-7,9,16,20H,8H2,1-2H3. The summed E-state index contributed by atoms with van der Waals surface area (Å²) in [7, 11) is 1.94. The highest BCUT2D eigenvalue weighted by atomic mass is 35.5. The van der Waals surface area contributed by atoms with E-state index in [1.807, 2.05) is 38.2 Å². The van der Waals surface area contributed by atoms with Crippen molar-refractivity contribution < 1.29 is 0 Å². The Balaban J connectivity index is 2.28. The van der Waals surface area contributed by atoms with Gasteiger partial charge >= 0.3 is 0 Å². The fraction of sp³-hybridized carbons (Fsp3) is 0.250. The van der Waals surface area contributed by atoms with E-state index in [1.165, 1.54) is 0 Å². The smallest absolute Gasteiger partial charge is 0.0453 e. The second kappa shape index (κ2) is 6.82. The number of likely N-dealkylation sites (N-methyl/N-ethyl adjacent to an activating group) is 1. The Morgan fingerprint density at radius 1 is 1.00 bits per heavy atom. The van der Waals surface area contributed by atoms with Crippen LogP contribution in [0.3, 0.4) is 0 Å². The molecule has 20 heavy (non-hydrogen) atoms. The van der Waals surface area contributed by atoms with Crippen molar-refractivity contribution in [1.82, 2.24) is 5.32 Å². The molecule has 2 aromatic rings. The van der Waals surface area contributed by atoms with Crippen molar-refractivity contribution in [3.63, 3.8) is 0 Å². The second-order valence-corrected chi connectivity index (χ2v) is 6.12. The summed E-state index contributed by atoms with van der Waals surface area (Å²) in [6, 6.07) is 11.8. The lowest BCUT2D eigenvalue weighted by Crippen LogP contribution is -2.19. The van der Waals surface area contributed by atoms with Gasteiger partial charge in [0.15, 0.2) is 0 Å². The van der Waals surface area contributed by atoms with Gasteiger partial charge in [-0.25, -0.2) is 0 Å². The van der Waals surface area contributed by atoms with Crippen molar-refractivity contribution in [2.75, 3.05) is 7.05 Å². The van der Waals surface area contributed by atoms with Crippen molar-refractivity contribution in [1.29, 1.82) is 0 Å². The van der Waals surface area contributed by atoms with Crippen molar-refractivity contribution in [3.05, 3.63) is 68.2 Å². The second-order valence-electron chi connectivity index (χ2n) is 4.84. The van der Waals surface area contributed by atoms with Crippen LogP contribution < -0.4 is 5.32 Å². The summed E-state index contributed by atoms with van der Waals surface area (Å²) in [6.45, 7) is 2.04. The molecule has 0 saturated carbocycles. The molecule has 0 aliphatic carbocycles. The minimum absolute atomic E-state index is 0.158. The lowest BCUT2D eigenvalue weighted by molar-refractivity contribution is 0.592. The van der Waals surface area contributed by atoms with Crippen molar-refractivity contribution in [3.8, 4) is 0 Å². The van der Waals surface area contributed by atoms with Gasteiger partial charge < -0.3 is 5.32 Å². The van der Waals surface area contributed by atoms with E-state index >= 15 is 0 Å². The average Bonchev–Trinajstić information content (AvgIpc) is 2.36. The van der Waals surface area contributed by atoms with Crippen LogP contribution >= 0.6 is 34.8 Å². The van der Waals surface area contributed by atoms with E-state index in [4.69, 9.17) is 34.8 Å². The van der Waals surface area contributed by atoms with E-state index in [-0.39, 0.29) is 6.04 Å². The summed E-state index contributed by atoms with van der Waals surface area (Å²) < 4.78 is 0. The molecule has 106 valence electrons. The molecule has 0 heterocycles. The summed E-state index contributed by atoms with van der Waals surface area (Å²) in [6.07, 6.45) is 0.784. The van der Waals surface area contributed by atoms with Crippen LogP contribution in [0.4, 0.5) is 0 Å². The molecular formula is C16H16Cl3N. The summed E-state index contributed by atoms with van der Waals surface area (Å²) in [5.41, 5.74) is 3.37. The van der Waals surface area contributed by atoms with Gasteiger partial charge in [-0.15, -0.1) is 0 Å². The maximum Gasteiger partial charge on any atom is 0.0453 e. The first-order chi connectivity index (χ1) is 9.49. The zero-order chi connectivity index (χ0) is 14.7. The van der Waals surface area contributed by atoms with Crippen LogP contribution in [-0.2, 0) is 6.42 Å². The number of nitrogens with one attached hydrogen (secondary N) is 1. The minimum atomic E-state index is 0.158. The molecule has 0 radical (unpaired) electrons. The Kier molecular flexibility index (Phi) is 5.34. The molecule has 0 aliphatic rings. The van der Waals surface area contributed by atoms with Gasteiger partial charge in [0.25, 0.3) is 0 Å². The Bertz CT molecular complexity index is 590. The molecule has 0 fully saturated rings. The van der Waals surface area contributed by atoms with Crippen LogP contribution in [0.1, 0.15) is 22.7 Å². The first-order valence-corrected chi connectivity index (χ1v) is 7.51. The van der Waals surface area contributed by atoms with Crippen LogP contribution in [0.25, 0.3) is 0 Å². The number of benzene rings is 2. The van der Waals surface area contributed by atoms with Crippen LogP contribution in [0, 0.1) is 6.92 Å². The molecule has 1 unspecified atom stereocenters. The summed E-state index contributed by atoms with van der Waals surface area (Å²) in [5.74, 6) is 0. The largest absolute Gasteiger partial charge is 0.313 e. The topological polar surface area (TPSA) is 12.0 Å². The molecule has 0 spiro atoms. The van der Waals surface area contributed by atoms with Crippen LogP contribution in [-0.4, -0.2) is 7.05 Å². The maximum atomic E-state index is 6.24. The van der Waals surface area contributed by atoms with Gasteiger partial charge in [0, 0.05) is 21.1 Å². The van der Waals surface area contributed by atoms with E-state index < -0.39 is 0 Å². The first kappa shape index (κ1) is 15.7. The minimum Gasteiger partial charge on any atom is -0.313 e. The Labute approximate surface area is 134 Å². The molecule has 0 aromatic heterocycles. The van der Waals surface area contributed by atoms with Gasteiger partial charge in [-0.2, -0.15) is 0 Å². The normalized spacial score (nSPS) is 12.4. The van der Waals surface area contributed by atoms with Gasteiger partial charge in [-0.3, -0.25) is 0 Å². The van der Waals surface area contributed by atoms with E-state index in [9.17, 15) is 0 Å². The summed E-state index contributed by atoms with van der Waals surface area (Å²) in [5, 5.41) is 5.41.